The molecule has 150 valence electrons. The van der Waals surface area contributed by atoms with E-state index in [9.17, 15) is 13.6 Å². The summed E-state index contributed by atoms with van der Waals surface area (Å²) in [5.41, 5.74) is 2.01. The highest BCUT2D eigenvalue weighted by Gasteiger charge is 2.42. The predicted octanol–water partition coefficient (Wildman–Crippen LogP) is 3.62. The molecule has 2 fully saturated rings. The van der Waals surface area contributed by atoms with Crippen LogP contribution in [0.4, 0.5) is 14.5 Å². The molecule has 0 bridgehead atoms. The molecule has 1 saturated carbocycles. The number of nitrogens with one attached hydrogen (secondary N) is 1. The van der Waals surface area contributed by atoms with Gasteiger partial charge < -0.3 is 4.90 Å². The highest BCUT2D eigenvalue weighted by molar-refractivity contribution is 5.83. The zero-order valence-corrected chi connectivity index (χ0v) is 15.9. The molecule has 1 N–H and O–H groups in total. The van der Waals surface area contributed by atoms with Crippen LogP contribution in [0.1, 0.15) is 44.1 Å². The number of aliphatic imine (C=N–C) groups is 1. The minimum Gasteiger partial charge on any atom is -0.372 e. The SMILES string of the molecule is O=C(C(F)F)N1C=CC=NC1NC1(c2ccc(N3CCCCC3)cc2)CCC1. The quantitative estimate of drug-likeness (QED) is 0.838. The number of carbonyl (C=O) groups is 1. The molecule has 28 heavy (non-hydrogen) atoms. The van der Waals surface area contributed by atoms with Gasteiger partial charge in [0.1, 0.15) is 0 Å². The lowest BCUT2D eigenvalue weighted by atomic mass is 9.71. The summed E-state index contributed by atoms with van der Waals surface area (Å²) in [7, 11) is 0. The van der Waals surface area contributed by atoms with Gasteiger partial charge in [0.05, 0.1) is 0 Å². The van der Waals surface area contributed by atoms with Gasteiger partial charge in [-0.05, 0) is 62.3 Å². The Balaban J connectivity index is 1.51. The van der Waals surface area contributed by atoms with E-state index >= 15 is 0 Å². The second-order valence-corrected chi connectivity index (χ2v) is 7.73. The van der Waals surface area contributed by atoms with E-state index in [4.69, 9.17) is 0 Å². The normalized spacial score (nSPS) is 23.8. The maximum absolute atomic E-state index is 12.9. The summed E-state index contributed by atoms with van der Waals surface area (Å²) in [6, 6.07) is 8.54. The molecule has 5 nitrogen and oxygen atoms in total. The van der Waals surface area contributed by atoms with Crippen molar-refractivity contribution < 1.29 is 13.6 Å². The molecule has 7 heteroatoms. The minimum absolute atomic E-state index is 0.339. The molecule has 1 atom stereocenters. The number of benzene rings is 1. The number of alkyl halides is 2. The van der Waals surface area contributed by atoms with Crippen molar-refractivity contribution in [3.05, 3.63) is 42.1 Å². The van der Waals surface area contributed by atoms with E-state index in [1.807, 2.05) is 0 Å². The molecule has 3 aliphatic rings. The van der Waals surface area contributed by atoms with Crippen LogP contribution in [0.2, 0.25) is 0 Å². The molecule has 1 aliphatic carbocycles. The first-order valence-electron chi connectivity index (χ1n) is 10.0. The van der Waals surface area contributed by atoms with Crippen LogP contribution in [0.25, 0.3) is 0 Å². The Morgan fingerprint density at radius 1 is 1.11 bits per heavy atom. The largest absolute Gasteiger partial charge is 0.372 e. The van der Waals surface area contributed by atoms with Crippen molar-refractivity contribution in [2.24, 2.45) is 4.99 Å². The Kier molecular flexibility index (Phi) is 5.44. The molecular formula is C21H26F2N4O. The fraction of sp³-hybridized carbons (Fsp3) is 0.524. The average Bonchev–Trinajstić information content (AvgIpc) is 2.71. The Morgan fingerprint density at radius 3 is 2.43 bits per heavy atom. The van der Waals surface area contributed by atoms with Crippen LogP contribution in [-0.2, 0) is 10.3 Å². The number of carbonyl (C=O) groups excluding carboxylic acids is 1. The van der Waals surface area contributed by atoms with Gasteiger partial charge in [-0.3, -0.25) is 20.0 Å². The van der Waals surface area contributed by atoms with Crippen LogP contribution < -0.4 is 10.2 Å². The molecule has 0 spiro atoms. The molecule has 1 aromatic rings. The first-order valence-corrected chi connectivity index (χ1v) is 10.0. The van der Waals surface area contributed by atoms with Gasteiger partial charge in [0.25, 0.3) is 5.91 Å². The number of hydrogen-bond donors (Lipinski definition) is 1. The third-order valence-electron chi connectivity index (χ3n) is 6.02. The molecule has 1 aromatic carbocycles. The molecule has 2 aliphatic heterocycles. The second kappa shape index (κ2) is 7.99. The summed E-state index contributed by atoms with van der Waals surface area (Å²) >= 11 is 0. The maximum Gasteiger partial charge on any atom is 0.316 e. The molecule has 2 heterocycles. The van der Waals surface area contributed by atoms with Crippen LogP contribution in [0.3, 0.4) is 0 Å². The lowest BCUT2D eigenvalue weighted by Crippen LogP contribution is -2.58. The summed E-state index contributed by atoms with van der Waals surface area (Å²) < 4.78 is 25.9. The third kappa shape index (κ3) is 3.68. The van der Waals surface area contributed by atoms with Gasteiger partial charge in [-0.2, -0.15) is 8.78 Å². The number of nitrogens with zero attached hydrogens (tertiary/aromatic N) is 3. The van der Waals surface area contributed by atoms with Gasteiger partial charge >= 0.3 is 6.43 Å². The summed E-state index contributed by atoms with van der Waals surface area (Å²) in [5, 5.41) is 3.38. The number of anilines is 1. The lowest BCUT2D eigenvalue weighted by molar-refractivity contribution is -0.143. The molecular weight excluding hydrogens is 362 g/mol. The van der Waals surface area contributed by atoms with Gasteiger partial charge in [0.15, 0.2) is 6.29 Å². The Labute approximate surface area is 164 Å². The van der Waals surface area contributed by atoms with Crippen molar-refractivity contribution in [3.8, 4) is 0 Å². The van der Waals surface area contributed by atoms with Gasteiger partial charge in [0, 0.05) is 36.7 Å². The van der Waals surface area contributed by atoms with Crippen molar-refractivity contribution in [1.82, 2.24) is 10.2 Å². The van der Waals surface area contributed by atoms with Crippen molar-refractivity contribution in [3.63, 3.8) is 0 Å². The first kappa shape index (κ1) is 19.1. The van der Waals surface area contributed by atoms with Crippen molar-refractivity contribution in [2.45, 2.75) is 56.8 Å². The van der Waals surface area contributed by atoms with Crippen LogP contribution in [0, 0.1) is 0 Å². The van der Waals surface area contributed by atoms with E-state index in [1.165, 1.54) is 37.2 Å². The smallest absolute Gasteiger partial charge is 0.316 e. The molecule has 1 saturated heterocycles. The van der Waals surface area contributed by atoms with Gasteiger partial charge in [-0.15, -0.1) is 0 Å². The summed E-state index contributed by atoms with van der Waals surface area (Å²) in [6.45, 7) is 2.19. The Hall–Kier alpha value is -2.28. The van der Waals surface area contributed by atoms with E-state index in [2.05, 4.69) is 39.5 Å². The number of allylic oxidation sites excluding steroid dienone is 1. The molecule has 0 radical (unpaired) electrons. The number of halogens is 2. The number of piperidine rings is 1. The predicted molar refractivity (Wildman–Crippen MR) is 105 cm³/mol. The van der Waals surface area contributed by atoms with E-state index < -0.39 is 18.6 Å². The second-order valence-electron chi connectivity index (χ2n) is 7.73. The topological polar surface area (TPSA) is 47.9 Å². The zero-order valence-electron chi connectivity index (χ0n) is 15.9. The van der Waals surface area contributed by atoms with Crippen molar-refractivity contribution in [1.29, 1.82) is 0 Å². The highest BCUT2D eigenvalue weighted by atomic mass is 19.3. The summed E-state index contributed by atoms with van der Waals surface area (Å²) in [6.07, 6.45) is 7.13. The number of amides is 1. The maximum atomic E-state index is 12.9. The molecule has 0 aromatic heterocycles. The zero-order chi connectivity index (χ0) is 19.6. The Morgan fingerprint density at radius 2 is 1.82 bits per heavy atom. The van der Waals surface area contributed by atoms with Crippen molar-refractivity contribution in [2.75, 3.05) is 18.0 Å². The van der Waals surface area contributed by atoms with E-state index in [-0.39, 0.29) is 5.54 Å². The highest BCUT2D eigenvalue weighted by Crippen LogP contribution is 2.42. The van der Waals surface area contributed by atoms with Crippen LogP contribution in [-0.4, -0.2) is 42.8 Å². The molecule has 1 unspecified atom stereocenters. The number of hydrogen-bond acceptors (Lipinski definition) is 4. The van der Waals surface area contributed by atoms with Gasteiger partial charge in [-0.25, -0.2) is 0 Å². The molecule has 1 amide bonds. The van der Waals surface area contributed by atoms with Crippen LogP contribution in [0.5, 0.6) is 0 Å². The fourth-order valence-corrected chi connectivity index (χ4v) is 4.27. The van der Waals surface area contributed by atoms with Crippen LogP contribution in [0.15, 0.2) is 41.5 Å². The number of rotatable bonds is 5. The third-order valence-corrected chi connectivity index (χ3v) is 6.02. The summed E-state index contributed by atoms with van der Waals surface area (Å²) in [4.78, 5) is 19.5. The van der Waals surface area contributed by atoms with Crippen LogP contribution >= 0.6 is 0 Å². The first-order chi connectivity index (χ1) is 13.6. The van der Waals surface area contributed by atoms with Gasteiger partial charge in [-0.1, -0.05) is 12.1 Å². The average molecular weight is 388 g/mol. The van der Waals surface area contributed by atoms with E-state index in [0.717, 1.165) is 42.8 Å². The fourth-order valence-electron chi connectivity index (χ4n) is 4.27. The van der Waals surface area contributed by atoms with E-state index in [1.54, 1.807) is 6.21 Å². The monoisotopic (exact) mass is 388 g/mol. The minimum atomic E-state index is -3.05. The van der Waals surface area contributed by atoms with E-state index in [0.29, 0.717) is 0 Å². The van der Waals surface area contributed by atoms with Gasteiger partial charge in [0.2, 0.25) is 0 Å². The standard InChI is InChI=1S/C21H26F2N4O/c22-18(23)19(28)27-15-5-12-24-20(27)25-21(10-4-11-21)16-6-8-17(9-7-16)26-13-2-1-3-14-26/h5-9,12,15,18,20,25H,1-4,10-11,13-14H2. The Bertz CT molecular complexity index is 752. The molecule has 4 rings (SSSR count). The summed E-state index contributed by atoms with van der Waals surface area (Å²) in [5.74, 6) is -1.24. The van der Waals surface area contributed by atoms with Crippen molar-refractivity contribution >= 4 is 17.8 Å². The lowest BCUT2D eigenvalue weighted by Gasteiger charge is -2.46.